The van der Waals surface area contributed by atoms with Crippen molar-refractivity contribution in [2.45, 2.75) is 23.3 Å². The molecule has 2 heterocycles. The van der Waals surface area contributed by atoms with Gasteiger partial charge in [0, 0.05) is 12.3 Å². The molecule has 1 aromatic heterocycles. The van der Waals surface area contributed by atoms with E-state index in [1.165, 1.54) is 6.20 Å². The van der Waals surface area contributed by atoms with Crippen LogP contribution in [0.5, 0.6) is 5.88 Å². The number of aromatic nitrogens is 2. The molecule has 0 spiro atoms. The second-order valence-corrected chi connectivity index (χ2v) is 4.70. The summed E-state index contributed by atoms with van der Waals surface area (Å²) in [4.78, 5) is 14.2. The molecule has 0 saturated carbocycles. The number of aliphatic hydroxyl groups excluding tert-OH is 2. The molecule has 1 aliphatic rings. The lowest BCUT2D eigenvalue weighted by atomic mass is 10.2. The zero-order valence-electron chi connectivity index (χ0n) is 8.56. The molecular formula is C9H10BrN2O5. The Hall–Kier alpha value is -0.960. The Labute approximate surface area is 104 Å². The Kier molecular flexibility index (Phi) is 3.48. The molecular weight excluding hydrogens is 296 g/mol. The minimum absolute atomic E-state index is 0.360. The van der Waals surface area contributed by atoms with Crippen LogP contribution in [0.15, 0.2) is 17.1 Å². The molecule has 0 aromatic carbocycles. The van der Waals surface area contributed by atoms with E-state index in [1.54, 1.807) is 0 Å². The van der Waals surface area contributed by atoms with E-state index in [0.29, 0.717) is 0 Å². The molecule has 0 amide bonds. The number of ether oxygens (including phenoxy) is 1. The topological polar surface area (TPSA) is 104 Å². The summed E-state index contributed by atoms with van der Waals surface area (Å²) in [5.41, 5.74) is -0.752. The van der Waals surface area contributed by atoms with E-state index < -0.39 is 34.8 Å². The molecule has 17 heavy (non-hydrogen) atoms. The van der Waals surface area contributed by atoms with E-state index in [4.69, 9.17) is 9.84 Å². The highest BCUT2D eigenvalue weighted by Crippen LogP contribution is 2.33. The molecule has 8 heteroatoms. The molecule has 93 valence electrons. The predicted molar refractivity (Wildman–Crippen MR) is 58.3 cm³/mol. The highest BCUT2D eigenvalue weighted by Gasteiger charge is 2.43. The summed E-state index contributed by atoms with van der Waals surface area (Å²) >= 11 is 3.19. The number of nitrogens with zero attached hydrogens (tertiary/aromatic N) is 2. The molecule has 0 aliphatic carbocycles. The van der Waals surface area contributed by atoms with Crippen LogP contribution in [-0.4, -0.2) is 43.4 Å². The second-order valence-electron chi connectivity index (χ2n) is 3.64. The maximum atomic E-state index is 11.5. The van der Waals surface area contributed by atoms with Gasteiger partial charge in [0.1, 0.15) is 6.10 Å². The number of alkyl halides is 1. The second kappa shape index (κ2) is 4.73. The molecule has 1 aliphatic heterocycles. The van der Waals surface area contributed by atoms with Crippen molar-refractivity contribution in [1.82, 2.24) is 9.55 Å². The third kappa shape index (κ3) is 2.21. The molecule has 1 aromatic rings. The summed E-state index contributed by atoms with van der Waals surface area (Å²) in [7, 11) is 0. The van der Waals surface area contributed by atoms with Crippen LogP contribution < -0.4 is 5.69 Å². The van der Waals surface area contributed by atoms with Gasteiger partial charge in [0.15, 0.2) is 6.23 Å². The van der Waals surface area contributed by atoms with E-state index in [-0.39, 0.29) is 6.61 Å². The number of rotatable bonds is 2. The summed E-state index contributed by atoms with van der Waals surface area (Å²) in [6, 6.07) is 1.13. The molecule has 1 radical (unpaired) electrons. The van der Waals surface area contributed by atoms with Crippen molar-refractivity contribution in [1.29, 1.82) is 0 Å². The Morgan fingerprint density at radius 3 is 2.82 bits per heavy atom. The van der Waals surface area contributed by atoms with Gasteiger partial charge < -0.3 is 14.9 Å². The molecule has 4 atom stereocenters. The van der Waals surface area contributed by atoms with Crippen molar-refractivity contribution >= 4 is 15.9 Å². The minimum Gasteiger partial charge on any atom is -0.394 e. The molecule has 2 N–H and O–H groups in total. The minimum atomic E-state index is -0.941. The van der Waals surface area contributed by atoms with Gasteiger partial charge in [0.25, 0.3) is 5.88 Å². The Bertz CT molecular complexity index is 465. The molecule has 7 nitrogen and oxygen atoms in total. The highest BCUT2D eigenvalue weighted by molar-refractivity contribution is 9.09. The maximum Gasteiger partial charge on any atom is 0.353 e. The lowest BCUT2D eigenvalue weighted by Crippen LogP contribution is -2.32. The van der Waals surface area contributed by atoms with Crippen LogP contribution in [0.25, 0.3) is 0 Å². The fourth-order valence-electron chi connectivity index (χ4n) is 1.67. The third-order valence-electron chi connectivity index (χ3n) is 2.55. The smallest absolute Gasteiger partial charge is 0.353 e. The van der Waals surface area contributed by atoms with E-state index in [2.05, 4.69) is 20.9 Å². The van der Waals surface area contributed by atoms with E-state index in [0.717, 1.165) is 10.6 Å². The van der Waals surface area contributed by atoms with Crippen LogP contribution in [0.2, 0.25) is 0 Å². The standard InChI is InChI=1S/C9H10BrN2O5/c10-6-7(15)4(3-13)17-8(6)12-2-1-5(14)11-9(12)16/h1-2,4,6-8,13,15H,3H2. The van der Waals surface area contributed by atoms with Crippen LogP contribution >= 0.6 is 15.9 Å². The van der Waals surface area contributed by atoms with Crippen molar-refractivity contribution in [3.05, 3.63) is 22.7 Å². The quantitative estimate of drug-likeness (QED) is 0.710. The van der Waals surface area contributed by atoms with Gasteiger partial charge in [-0.2, -0.15) is 4.98 Å². The number of hydrogen-bond acceptors (Lipinski definition) is 5. The molecule has 4 unspecified atom stereocenters. The average Bonchev–Trinajstić information content (AvgIpc) is 2.57. The number of hydrogen-bond donors (Lipinski definition) is 2. The number of aliphatic hydroxyl groups is 2. The van der Waals surface area contributed by atoms with Crippen molar-refractivity contribution in [3.63, 3.8) is 0 Å². The van der Waals surface area contributed by atoms with Gasteiger partial charge in [0.2, 0.25) is 0 Å². The van der Waals surface area contributed by atoms with E-state index in [1.807, 2.05) is 0 Å². The van der Waals surface area contributed by atoms with Crippen LogP contribution in [0.3, 0.4) is 0 Å². The van der Waals surface area contributed by atoms with Crippen molar-refractivity contribution in [2.75, 3.05) is 6.61 Å². The van der Waals surface area contributed by atoms with Crippen LogP contribution in [0.4, 0.5) is 0 Å². The van der Waals surface area contributed by atoms with Crippen LogP contribution in [-0.2, 0) is 9.84 Å². The lowest BCUT2D eigenvalue weighted by molar-refractivity contribution is -0.0457. The molecule has 1 saturated heterocycles. The lowest BCUT2D eigenvalue weighted by Gasteiger charge is -2.16. The molecule has 0 bridgehead atoms. The monoisotopic (exact) mass is 305 g/mol. The van der Waals surface area contributed by atoms with Crippen molar-refractivity contribution in [2.24, 2.45) is 0 Å². The normalized spacial score (nSPS) is 32.9. The largest absolute Gasteiger partial charge is 0.394 e. The maximum absolute atomic E-state index is 11.5. The van der Waals surface area contributed by atoms with Crippen molar-refractivity contribution in [3.8, 4) is 5.88 Å². The van der Waals surface area contributed by atoms with Gasteiger partial charge in [-0.25, -0.2) is 4.79 Å². The van der Waals surface area contributed by atoms with Gasteiger partial charge in [-0.3, -0.25) is 9.67 Å². The van der Waals surface area contributed by atoms with Gasteiger partial charge in [-0.1, -0.05) is 15.9 Å². The Morgan fingerprint density at radius 2 is 2.29 bits per heavy atom. The first-order valence-corrected chi connectivity index (χ1v) is 5.81. The fraction of sp³-hybridized carbons (Fsp3) is 0.556. The first-order chi connectivity index (χ1) is 8.04. The molecule has 1 fully saturated rings. The van der Waals surface area contributed by atoms with Gasteiger partial charge in [-0.15, -0.1) is 0 Å². The summed E-state index contributed by atoms with van der Waals surface area (Å²) in [5, 5.41) is 29.5. The third-order valence-corrected chi connectivity index (χ3v) is 3.55. The fourth-order valence-corrected chi connectivity index (χ4v) is 2.39. The Morgan fingerprint density at radius 1 is 1.59 bits per heavy atom. The number of halogens is 1. The zero-order valence-corrected chi connectivity index (χ0v) is 10.1. The van der Waals surface area contributed by atoms with Gasteiger partial charge >= 0.3 is 5.69 Å². The summed E-state index contributed by atoms with van der Waals surface area (Å²) in [5.74, 6) is -0.630. The van der Waals surface area contributed by atoms with E-state index >= 15 is 0 Å². The summed E-state index contributed by atoms with van der Waals surface area (Å²) in [6.07, 6.45) is -1.27. The van der Waals surface area contributed by atoms with Gasteiger partial charge in [-0.05, 0) is 0 Å². The first-order valence-electron chi connectivity index (χ1n) is 4.89. The predicted octanol–water partition coefficient (Wildman–Crippen LogP) is -0.599. The average molecular weight is 306 g/mol. The highest BCUT2D eigenvalue weighted by atomic mass is 79.9. The van der Waals surface area contributed by atoms with Gasteiger partial charge in [0.05, 0.1) is 17.5 Å². The van der Waals surface area contributed by atoms with Crippen molar-refractivity contribution < 1.29 is 20.1 Å². The zero-order chi connectivity index (χ0) is 12.6. The Balaban J connectivity index is 2.32. The van der Waals surface area contributed by atoms with E-state index in [9.17, 15) is 15.0 Å². The summed E-state index contributed by atoms with van der Waals surface area (Å²) < 4.78 is 6.41. The summed E-state index contributed by atoms with van der Waals surface area (Å²) in [6.45, 7) is -0.360. The molecule has 2 rings (SSSR count). The van der Waals surface area contributed by atoms with Crippen LogP contribution in [0, 0.1) is 0 Å². The first kappa shape index (κ1) is 12.5. The van der Waals surface area contributed by atoms with Crippen LogP contribution in [0.1, 0.15) is 6.23 Å². The SMILES string of the molecule is [O]c1ccn(C2OC(CO)C(O)C2Br)c(=O)n1.